The van der Waals surface area contributed by atoms with Crippen molar-refractivity contribution in [2.24, 2.45) is 12.8 Å². The maximum atomic E-state index is 11.5. The first-order valence-corrected chi connectivity index (χ1v) is 7.45. The lowest BCUT2D eigenvalue weighted by atomic mass is 9.99. The van der Waals surface area contributed by atoms with Crippen LogP contribution in [0.15, 0.2) is 50.1 Å². The second-order valence-corrected chi connectivity index (χ2v) is 6.01. The van der Waals surface area contributed by atoms with E-state index in [2.05, 4.69) is 15.9 Å². The molecule has 1 aromatic heterocycles. The lowest BCUT2D eigenvalue weighted by molar-refractivity contribution is 0.527. The maximum Gasteiger partial charge on any atom is 0.419 e. The predicted octanol–water partition coefficient (Wildman–Crippen LogP) is 3.60. The SMILES string of the molecule is Cn1c(=O)oc2cc(C(N)c3cccc(Br)c3Cl)ccc21. The number of hydrogen-bond acceptors (Lipinski definition) is 3. The van der Waals surface area contributed by atoms with Crippen LogP contribution in [0.5, 0.6) is 0 Å². The molecule has 0 aliphatic heterocycles. The van der Waals surface area contributed by atoms with Crippen molar-refractivity contribution in [1.82, 2.24) is 4.57 Å². The summed E-state index contributed by atoms with van der Waals surface area (Å²) < 4.78 is 7.44. The normalized spacial score (nSPS) is 12.8. The molecule has 1 heterocycles. The van der Waals surface area contributed by atoms with Gasteiger partial charge in [-0.25, -0.2) is 4.79 Å². The lowest BCUT2D eigenvalue weighted by Crippen LogP contribution is -2.12. The van der Waals surface area contributed by atoms with E-state index in [1.807, 2.05) is 30.3 Å². The number of aryl methyl sites for hydroxylation is 1. The molecule has 0 saturated heterocycles. The summed E-state index contributed by atoms with van der Waals surface area (Å²) in [5, 5.41) is 0.583. The molecule has 0 saturated carbocycles. The van der Waals surface area contributed by atoms with Gasteiger partial charge in [-0.2, -0.15) is 0 Å². The molecule has 108 valence electrons. The van der Waals surface area contributed by atoms with Crippen LogP contribution in [0.25, 0.3) is 11.1 Å². The topological polar surface area (TPSA) is 61.2 Å². The Labute approximate surface area is 134 Å². The molecule has 4 nitrogen and oxygen atoms in total. The summed E-state index contributed by atoms with van der Waals surface area (Å²) in [6.07, 6.45) is 0. The molecule has 0 radical (unpaired) electrons. The molecular formula is C15H12BrClN2O2. The van der Waals surface area contributed by atoms with Gasteiger partial charge in [0.05, 0.1) is 16.6 Å². The van der Waals surface area contributed by atoms with Crippen molar-refractivity contribution in [3.8, 4) is 0 Å². The lowest BCUT2D eigenvalue weighted by Gasteiger charge is -2.15. The van der Waals surface area contributed by atoms with Gasteiger partial charge < -0.3 is 10.2 Å². The van der Waals surface area contributed by atoms with Crippen LogP contribution >= 0.6 is 27.5 Å². The van der Waals surface area contributed by atoms with E-state index in [4.69, 9.17) is 21.8 Å². The highest BCUT2D eigenvalue weighted by Gasteiger charge is 2.16. The number of nitrogens with zero attached hydrogens (tertiary/aromatic N) is 1. The van der Waals surface area contributed by atoms with Gasteiger partial charge >= 0.3 is 5.76 Å². The third-order valence-corrected chi connectivity index (χ3v) is 4.80. The summed E-state index contributed by atoms with van der Waals surface area (Å²) >= 11 is 9.67. The minimum Gasteiger partial charge on any atom is -0.408 e. The van der Waals surface area contributed by atoms with E-state index < -0.39 is 11.8 Å². The number of hydrogen-bond donors (Lipinski definition) is 1. The Morgan fingerprint density at radius 1 is 1.33 bits per heavy atom. The summed E-state index contributed by atoms with van der Waals surface area (Å²) in [6.45, 7) is 0. The van der Waals surface area contributed by atoms with Gasteiger partial charge in [-0.1, -0.05) is 29.8 Å². The van der Waals surface area contributed by atoms with Crippen LogP contribution in [0.3, 0.4) is 0 Å². The van der Waals surface area contributed by atoms with Crippen molar-refractivity contribution in [2.75, 3.05) is 0 Å². The van der Waals surface area contributed by atoms with Gasteiger partial charge in [-0.3, -0.25) is 4.57 Å². The Hall–Kier alpha value is -1.56. The number of aromatic nitrogens is 1. The molecule has 0 spiro atoms. The fourth-order valence-electron chi connectivity index (χ4n) is 2.28. The fraction of sp³-hybridized carbons (Fsp3) is 0.133. The average molecular weight is 368 g/mol. The van der Waals surface area contributed by atoms with Crippen molar-refractivity contribution in [3.05, 3.63) is 67.6 Å². The van der Waals surface area contributed by atoms with Crippen LogP contribution in [0.2, 0.25) is 5.02 Å². The molecule has 0 bridgehead atoms. The Morgan fingerprint density at radius 3 is 2.86 bits per heavy atom. The molecule has 0 amide bonds. The zero-order valence-corrected chi connectivity index (χ0v) is 13.5. The fourth-order valence-corrected chi connectivity index (χ4v) is 2.91. The first kappa shape index (κ1) is 14.4. The van der Waals surface area contributed by atoms with Crippen molar-refractivity contribution in [3.63, 3.8) is 0 Å². The van der Waals surface area contributed by atoms with Crippen LogP contribution in [0.4, 0.5) is 0 Å². The van der Waals surface area contributed by atoms with Crippen LogP contribution in [0, 0.1) is 0 Å². The summed E-state index contributed by atoms with van der Waals surface area (Å²) in [5.41, 5.74) is 9.18. The zero-order valence-electron chi connectivity index (χ0n) is 11.1. The second-order valence-electron chi connectivity index (χ2n) is 4.77. The van der Waals surface area contributed by atoms with E-state index in [-0.39, 0.29) is 0 Å². The number of benzene rings is 2. The van der Waals surface area contributed by atoms with E-state index in [9.17, 15) is 4.79 Å². The van der Waals surface area contributed by atoms with Crippen molar-refractivity contribution in [2.45, 2.75) is 6.04 Å². The molecule has 2 N–H and O–H groups in total. The highest BCUT2D eigenvalue weighted by Crippen LogP contribution is 2.32. The molecule has 1 atom stereocenters. The Bertz CT molecular complexity index is 885. The zero-order chi connectivity index (χ0) is 15.1. The van der Waals surface area contributed by atoms with Gasteiger partial charge in [0.2, 0.25) is 0 Å². The maximum absolute atomic E-state index is 11.5. The molecule has 1 unspecified atom stereocenters. The predicted molar refractivity (Wildman–Crippen MR) is 86.6 cm³/mol. The second kappa shape index (κ2) is 5.33. The number of nitrogens with two attached hydrogens (primary N) is 1. The molecule has 3 aromatic rings. The first-order chi connectivity index (χ1) is 9.99. The first-order valence-electron chi connectivity index (χ1n) is 6.28. The van der Waals surface area contributed by atoms with E-state index in [1.165, 1.54) is 4.57 Å². The monoisotopic (exact) mass is 366 g/mol. The van der Waals surface area contributed by atoms with Crippen molar-refractivity contribution >= 4 is 38.6 Å². The highest BCUT2D eigenvalue weighted by atomic mass is 79.9. The molecule has 6 heteroatoms. The number of oxazole rings is 1. The average Bonchev–Trinajstić information content (AvgIpc) is 2.76. The van der Waals surface area contributed by atoms with E-state index in [0.29, 0.717) is 10.6 Å². The van der Waals surface area contributed by atoms with Crippen molar-refractivity contribution < 1.29 is 4.42 Å². The summed E-state index contributed by atoms with van der Waals surface area (Å²) in [5.74, 6) is -0.392. The standard InChI is InChI=1S/C15H12BrClN2O2/c1-19-11-6-5-8(7-12(11)21-15(19)20)14(18)9-3-2-4-10(16)13(9)17/h2-7,14H,18H2,1H3. The van der Waals surface area contributed by atoms with Crippen LogP contribution in [-0.4, -0.2) is 4.57 Å². The molecule has 0 fully saturated rings. The smallest absolute Gasteiger partial charge is 0.408 e. The minimum atomic E-state index is -0.398. The molecule has 0 aliphatic carbocycles. The van der Waals surface area contributed by atoms with Gasteiger partial charge in [-0.05, 0) is 45.3 Å². The minimum absolute atomic E-state index is 0.392. The molecule has 3 rings (SSSR count). The molecule has 21 heavy (non-hydrogen) atoms. The number of rotatable bonds is 2. The van der Waals surface area contributed by atoms with Crippen LogP contribution < -0.4 is 11.5 Å². The van der Waals surface area contributed by atoms with Gasteiger partial charge in [-0.15, -0.1) is 0 Å². The largest absolute Gasteiger partial charge is 0.419 e. The van der Waals surface area contributed by atoms with Gasteiger partial charge in [0.1, 0.15) is 0 Å². The molecule has 0 aliphatic rings. The van der Waals surface area contributed by atoms with E-state index >= 15 is 0 Å². The summed E-state index contributed by atoms with van der Waals surface area (Å²) in [4.78, 5) is 11.5. The van der Waals surface area contributed by atoms with Gasteiger partial charge in [0.15, 0.2) is 5.58 Å². The Kier molecular flexibility index (Phi) is 3.65. The third kappa shape index (κ3) is 2.41. The third-order valence-electron chi connectivity index (χ3n) is 3.49. The van der Waals surface area contributed by atoms with Crippen molar-refractivity contribution in [1.29, 1.82) is 0 Å². The number of fused-ring (bicyclic) bond motifs is 1. The molecule has 2 aromatic carbocycles. The Morgan fingerprint density at radius 2 is 2.10 bits per heavy atom. The summed E-state index contributed by atoms with van der Waals surface area (Å²) in [7, 11) is 1.67. The van der Waals surface area contributed by atoms with Crippen LogP contribution in [0.1, 0.15) is 17.2 Å². The van der Waals surface area contributed by atoms with E-state index in [1.54, 1.807) is 13.1 Å². The summed E-state index contributed by atoms with van der Waals surface area (Å²) in [6, 6.07) is 10.7. The van der Waals surface area contributed by atoms with E-state index in [0.717, 1.165) is 21.1 Å². The van der Waals surface area contributed by atoms with Gasteiger partial charge in [0.25, 0.3) is 0 Å². The highest BCUT2D eigenvalue weighted by molar-refractivity contribution is 9.10. The van der Waals surface area contributed by atoms with Crippen LogP contribution in [-0.2, 0) is 7.05 Å². The number of halogens is 2. The van der Waals surface area contributed by atoms with Gasteiger partial charge in [0, 0.05) is 11.5 Å². The quantitative estimate of drug-likeness (QED) is 0.753. The Balaban J connectivity index is 2.11. The molecular weight excluding hydrogens is 356 g/mol.